The molecule has 2 bridgehead atoms. The maximum Gasteiger partial charge on any atom is 0.231 e. The average molecular weight is 249 g/mol. The van der Waals surface area contributed by atoms with Crippen molar-refractivity contribution in [3.05, 3.63) is 11.7 Å². The molecule has 0 saturated carbocycles. The molecule has 3 aliphatic heterocycles. The number of hydrogen-bond acceptors (Lipinski definition) is 5. The molecular formula is C13H19N3O2. The molecule has 0 aliphatic carbocycles. The molecule has 4 rings (SSSR count). The summed E-state index contributed by atoms with van der Waals surface area (Å²) in [5.74, 6) is 2.43. The Morgan fingerprint density at radius 2 is 2.17 bits per heavy atom. The minimum absolute atomic E-state index is 0.333. The number of aromatic nitrogens is 2. The van der Waals surface area contributed by atoms with Gasteiger partial charge in [-0.1, -0.05) is 5.16 Å². The van der Waals surface area contributed by atoms with E-state index in [-0.39, 0.29) is 0 Å². The number of nitrogens with zero attached hydrogens (tertiary/aromatic N) is 2. The van der Waals surface area contributed by atoms with Crippen LogP contribution in [-0.4, -0.2) is 34.9 Å². The molecule has 98 valence electrons. The number of nitrogens with one attached hydrogen (secondary N) is 1. The van der Waals surface area contributed by atoms with Gasteiger partial charge in [0.05, 0.1) is 24.0 Å². The molecular weight excluding hydrogens is 230 g/mol. The van der Waals surface area contributed by atoms with Crippen LogP contribution in [0.5, 0.6) is 0 Å². The second-order valence-corrected chi connectivity index (χ2v) is 5.84. The molecule has 0 aromatic carbocycles. The zero-order valence-electron chi connectivity index (χ0n) is 10.6. The summed E-state index contributed by atoms with van der Waals surface area (Å²) < 4.78 is 11.3. The van der Waals surface area contributed by atoms with Crippen LogP contribution >= 0.6 is 0 Å². The molecule has 4 heterocycles. The summed E-state index contributed by atoms with van der Waals surface area (Å²) in [6.45, 7) is 3.23. The van der Waals surface area contributed by atoms with Crippen molar-refractivity contribution in [2.24, 2.45) is 0 Å². The van der Waals surface area contributed by atoms with Crippen LogP contribution in [0.2, 0.25) is 0 Å². The number of ether oxygens (including phenoxy) is 1. The minimum atomic E-state index is 0.333. The fourth-order valence-electron chi connectivity index (χ4n) is 3.65. The Bertz CT molecular complexity index is 447. The predicted octanol–water partition coefficient (Wildman–Crippen LogP) is 1.57. The third kappa shape index (κ3) is 1.61. The highest BCUT2D eigenvalue weighted by atomic mass is 16.5. The molecule has 3 saturated heterocycles. The summed E-state index contributed by atoms with van der Waals surface area (Å²) in [6, 6.07) is 0.439. The van der Waals surface area contributed by atoms with Crippen molar-refractivity contribution in [3.8, 4) is 0 Å². The van der Waals surface area contributed by atoms with Gasteiger partial charge in [-0.3, -0.25) is 0 Å². The summed E-state index contributed by atoms with van der Waals surface area (Å²) in [6.07, 6.45) is 5.29. The largest absolute Gasteiger partial charge is 0.374 e. The van der Waals surface area contributed by atoms with Crippen LogP contribution in [0.4, 0.5) is 0 Å². The van der Waals surface area contributed by atoms with Crippen LogP contribution in [0.15, 0.2) is 4.52 Å². The molecule has 3 fully saturated rings. The van der Waals surface area contributed by atoms with E-state index in [9.17, 15) is 0 Å². The zero-order valence-corrected chi connectivity index (χ0v) is 10.6. The van der Waals surface area contributed by atoms with Gasteiger partial charge in [-0.2, -0.15) is 4.98 Å². The van der Waals surface area contributed by atoms with Crippen LogP contribution in [0.1, 0.15) is 56.2 Å². The van der Waals surface area contributed by atoms with E-state index in [2.05, 4.69) is 22.4 Å². The fraction of sp³-hybridized carbons (Fsp3) is 0.846. The van der Waals surface area contributed by atoms with Crippen LogP contribution in [0.3, 0.4) is 0 Å². The lowest BCUT2D eigenvalue weighted by atomic mass is 9.89. The monoisotopic (exact) mass is 249 g/mol. The Morgan fingerprint density at radius 3 is 2.83 bits per heavy atom. The molecule has 5 atom stereocenters. The van der Waals surface area contributed by atoms with Crippen molar-refractivity contribution in [1.82, 2.24) is 15.5 Å². The topological polar surface area (TPSA) is 60.2 Å². The third-order valence-corrected chi connectivity index (χ3v) is 4.74. The van der Waals surface area contributed by atoms with Crippen molar-refractivity contribution in [1.29, 1.82) is 0 Å². The van der Waals surface area contributed by atoms with Gasteiger partial charge >= 0.3 is 0 Å². The number of fused-ring (bicyclic) bond motifs is 2. The van der Waals surface area contributed by atoms with Gasteiger partial charge in [0.15, 0.2) is 5.82 Å². The van der Waals surface area contributed by atoms with E-state index >= 15 is 0 Å². The van der Waals surface area contributed by atoms with Gasteiger partial charge in [0.1, 0.15) is 0 Å². The molecule has 1 aromatic rings. The van der Waals surface area contributed by atoms with Gasteiger partial charge in [-0.25, -0.2) is 0 Å². The lowest BCUT2D eigenvalue weighted by Gasteiger charge is -2.14. The molecule has 0 spiro atoms. The average Bonchev–Trinajstić information content (AvgIpc) is 3.12. The number of rotatable bonds is 2. The van der Waals surface area contributed by atoms with E-state index in [0.717, 1.165) is 37.5 Å². The first-order chi connectivity index (χ1) is 8.81. The molecule has 0 amide bonds. The summed E-state index contributed by atoms with van der Waals surface area (Å²) in [7, 11) is 0. The Hall–Kier alpha value is -0.940. The molecule has 5 nitrogen and oxygen atoms in total. The first kappa shape index (κ1) is 10.9. The van der Waals surface area contributed by atoms with Gasteiger partial charge in [0, 0.05) is 6.04 Å². The first-order valence-electron chi connectivity index (χ1n) is 7.03. The van der Waals surface area contributed by atoms with E-state index in [1.54, 1.807) is 0 Å². The molecule has 1 N–H and O–H groups in total. The van der Waals surface area contributed by atoms with Crippen molar-refractivity contribution in [3.63, 3.8) is 0 Å². The molecule has 0 radical (unpaired) electrons. The van der Waals surface area contributed by atoms with Gasteiger partial charge in [0.2, 0.25) is 5.89 Å². The highest BCUT2D eigenvalue weighted by Crippen LogP contribution is 2.43. The predicted molar refractivity (Wildman–Crippen MR) is 64.4 cm³/mol. The second-order valence-electron chi connectivity index (χ2n) is 5.84. The van der Waals surface area contributed by atoms with E-state index in [0.29, 0.717) is 30.1 Å². The fourth-order valence-corrected chi connectivity index (χ4v) is 3.65. The maximum absolute atomic E-state index is 5.86. The highest BCUT2D eigenvalue weighted by molar-refractivity contribution is 5.09. The summed E-state index contributed by atoms with van der Waals surface area (Å²) >= 11 is 0. The van der Waals surface area contributed by atoms with Crippen LogP contribution in [-0.2, 0) is 4.74 Å². The van der Waals surface area contributed by atoms with E-state index in [1.807, 2.05) is 0 Å². The molecule has 5 heteroatoms. The quantitative estimate of drug-likeness (QED) is 0.862. The SMILES string of the molecule is CC1NCCC1c1nc(C2CC3CCC2O3)no1. The van der Waals surface area contributed by atoms with E-state index in [1.165, 1.54) is 6.42 Å². The Balaban J connectivity index is 1.55. The van der Waals surface area contributed by atoms with Crippen LogP contribution in [0.25, 0.3) is 0 Å². The van der Waals surface area contributed by atoms with Crippen molar-refractivity contribution in [2.75, 3.05) is 6.54 Å². The molecule has 5 unspecified atom stereocenters. The van der Waals surface area contributed by atoms with Gasteiger partial charge in [-0.05, 0) is 39.2 Å². The van der Waals surface area contributed by atoms with E-state index < -0.39 is 0 Å². The summed E-state index contributed by atoms with van der Waals surface area (Å²) in [5, 5.41) is 7.62. The molecule has 1 aromatic heterocycles. The summed E-state index contributed by atoms with van der Waals surface area (Å²) in [4.78, 5) is 4.65. The second kappa shape index (κ2) is 4.03. The molecule has 18 heavy (non-hydrogen) atoms. The van der Waals surface area contributed by atoms with E-state index in [4.69, 9.17) is 9.26 Å². The smallest absolute Gasteiger partial charge is 0.231 e. The third-order valence-electron chi connectivity index (χ3n) is 4.74. The van der Waals surface area contributed by atoms with Gasteiger partial charge < -0.3 is 14.6 Å². The Morgan fingerprint density at radius 1 is 1.22 bits per heavy atom. The minimum Gasteiger partial charge on any atom is -0.374 e. The first-order valence-corrected chi connectivity index (χ1v) is 7.03. The lowest BCUT2D eigenvalue weighted by molar-refractivity contribution is 0.0996. The lowest BCUT2D eigenvalue weighted by Crippen LogP contribution is -2.22. The Labute approximate surface area is 106 Å². The standard InChI is InChI=1S/C13H19N3O2/c1-7-9(4-5-14-7)13-15-12(16-18-13)10-6-8-2-3-11(10)17-8/h7-11,14H,2-6H2,1H3. The zero-order chi connectivity index (χ0) is 12.1. The van der Waals surface area contributed by atoms with Crippen LogP contribution < -0.4 is 5.32 Å². The Kier molecular flexibility index (Phi) is 2.45. The van der Waals surface area contributed by atoms with Crippen molar-refractivity contribution >= 4 is 0 Å². The maximum atomic E-state index is 5.86. The molecule has 3 aliphatic rings. The normalized spacial score (nSPS) is 42.8. The van der Waals surface area contributed by atoms with Gasteiger partial charge in [-0.15, -0.1) is 0 Å². The van der Waals surface area contributed by atoms with Crippen molar-refractivity contribution < 1.29 is 9.26 Å². The van der Waals surface area contributed by atoms with Crippen molar-refractivity contribution in [2.45, 2.75) is 62.7 Å². The highest BCUT2D eigenvalue weighted by Gasteiger charge is 2.44. The van der Waals surface area contributed by atoms with Crippen LogP contribution in [0, 0.1) is 0 Å². The number of hydrogen-bond donors (Lipinski definition) is 1. The summed E-state index contributed by atoms with van der Waals surface area (Å²) in [5.41, 5.74) is 0. The van der Waals surface area contributed by atoms with Gasteiger partial charge in [0.25, 0.3) is 0 Å².